The summed E-state index contributed by atoms with van der Waals surface area (Å²) in [6, 6.07) is 10.2. The molecule has 1 fully saturated rings. The van der Waals surface area contributed by atoms with E-state index in [2.05, 4.69) is 10.2 Å². The van der Waals surface area contributed by atoms with E-state index in [0.29, 0.717) is 48.0 Å². The van der Waals surface area contributed by atoms with Crippen molar-refractivity contribution in [2.24, 2.45) is 0 Å². The molecular weight excluding hydrogens is 406 g/mol. The first-order valence-electron chi connectivity index (χ1n) is 9.60. The minimum atomic E-state index is -0.494. The second kappa shape index (κ2) is 9.17. The third kappa shape index (κ3) is 4.74. The molecule has 0 bridgehead atoms. The van der Waals surface area contributed by atoms with Crippen LogP contribution in [0.4, 0.5) is 11.4 Å². The second-order valence-electron chi connectivity index (χ2n) is 7.15. The van der Waals surface area contributed by atoms with Crippen LogP contribution in [0.3, 0.4) is 0 Å². The summed E-state index contributed by atoms with van der Waals surface area (Å²) in [5.74, 6) is -0.823. The van der Waals surface area contributed by atoms with Gasteiger partial charge in [-0.25, -0.2) is 4.79 Å². The van der Waals surface area contributed by atoms with Crippen LogP contribution in [0.15, 0.2) is 36.4 Å². The minimum absolute atomic E-state index is 0.0400. The van der Waals surface area contributed by atoms with Gasteiger partial charge in [-0.2, -0.15) is 0 Å². The first-order valence-corrected chi connectivity index (χ1v) is 9.98. The molecule has 1 saturated heterocycles. The van der Waals surface area contributed by atoms with Crippen LogP contribution in [-0.2, 0) is 9.53 Å². The van der Waals surface area contributed by atoms with Crippen molar-refractivity contribution in [1.82, 2.24) is 4.90 Å². The Labute approximate surface area is 180 Å². The first kappa shape index (κ1) is 21.6. The van der Waals surface area contributed by atoms with Gasteiger partial charge < -0.3 is 19.9 Å². The van der Waals surface area contributed by atoms with Crippen molar-refractivity contribution >= 4 is 40.8 Å². The third-order valence-electron chi connectivity index (χ3n) is 5.10. The van der Waals surface area contributed by atoms with Crippen LogP contribution in [0.25, 0.3) is 0 Å². The molecule has 0 aromatic heterocycles. The highest BCUT2D eigenvalue weighted by Crippen LogP contribution is 2.30. The molecule has 7 nitrogen and oxygen atoms in total. The smallest absolute Gasteiger partial charge is 0.337 e. The lowest BCUT2D eigenvalue weighted by Gasteiger charge is -2.36. The highest BCUT2D eigenvalue weighted by Gasteiger charge is 2.23. The molecule has 8 heteroatoms. The standard InChI is InChI=1S/C22H24ClN3O4/c1-14-4-6-17(18(23)12-14)21(28)24-19-13-16(22(29)30-3)5-7-20(19)26-10-8-25(9-11-26)15(2)27/h4-7,12-13H,8-11H2,1-3H3,(H,24,28). The monoisotopic (exact) mass is 429 g/mol. The van der Waals surface area contributed by atoms with Crippen LogP contribution >= 0.6 is 11.6 Å². The number of benzene rings is 2. The van der Waals surface area contributed by atoms with Gasteiger partial charge in [0.2, 0.25) is 5.91 Å². The molecule has 30 heavy (non-hydrogen) atoms. The van der Waals surface area contributed by atoms with Crippen LogP contribution in [0, 0.1) is 6.92 Å². The number of carbonyl (C=O) groups is 3. The summed E-state index contributed by atoms with van der Waals surface area (Å²) < 4.78 is 4.81. The Morgan fingerprint density at radius 3 is 2.33 bits per heavy atom. The number of carbonyl (C=O) groups excluding carboxylic acids is 3. The molecule has 1 N–H and O–H groups in total. The molecule has 2 aromatic rings. The van der Waals surface area contributed by atoms with Crippen molar-refractivity contribution in [2.45, 2.75) is 13.8 Å². The van der Waals surface area contributed by atoms with Crippen molar-refractivity contribution in [3.05, 3.63) is 58.1 Å². The number of ether oxygens (including phenoxy) is 1. The summed E-state index contributed by atoms with van der Waals surface area (Å²) >= 11 is 6.25. The number of nitrogens with zero attached hydrogens (tertiary/aromatic N) is 2. The maximum atomic E-state index is 12.9. The number of hydrogen-bond acceptors (Lipinski definition) is 5. The number of piperazine rings is 1. The zero-order valence-electron chi connectivity index (χ0n) is 17.2. The molecular formula is C22H24ClN3O4. The van der Waals surface area contributed by atoms with Crippen LogP contribution in [0.5, 0.6) is 0 Å². The fourth-order valence-electron chi connectivity index (χ4n) is 3.41. The summed E-state index contributed by atoms with van der Waals surface area (Å²) in [5, 5.41) is 3.24. The quantitative estimate of drug-likeness (QED) is 0.754. The predicted molar refractivity (Wildman–Crippen MR) is 116 cm³/mol. The van der Waals surface area contributed by atoms with E-state index < -0.39 is 5.97 Å². The number of hydrogen-bond donors (Lipinski definition) is 1. The van der Waals surface area contributed by atoms with Gasteiger partial charge in [0.25, 0.3) is 5.91 Å². The lowest BCUT2D eigenvalue weighted by molar-refractivity contribution is -0.129. The number of halogens is 1. The van der Waals surface area contributed by atoms with E-state index in [1.165, 1.54) is 7.11 Å². The van der Waals surface area contributed by atoms with Crippen molar-refractivity contribution in [1.29, 1.82) is 0 Å². The maximum absolute atomic E-state index is 12.9. The Hall–Kier alpha value is -3.06. The van der Waals surface area contributed by atoms with Gasteiger partial charge in [-0.15, -0.1) is 0 Å². The van der Waals surface area contributed by atoms with E-state index in [0.717, 1.165) is 11.3 Å². The SMILES string of the molecule is COC(=O)c1ccc(N2CCN(C(C)=O)CC2)c(NC(=O)c2ccc(C)cc2Cl)c1. The van der Waals surface area contributed by atoms with Crippen molar-refractivity contribution in [3.63, 3.8) is 0 Å². The molecule has 3 rings (SSSR count). The average molecular weight is 430 g/mol. The Morgan fingerprint density at radius 2 is 1.73 bits per heavy atom. The molecule has 0 atom stereocenters. The fourth-order valence-corrected chi connectivity index (χ4v) is 3.73. The Morgan fingerprint density at radius 1 is 1.03 bits per heavy atom. The molecule has 0 unspecified atom stereocenters. The first-order chi connectivity index (χ1) is 14.3. The van der Waals surface area contributed by atoms with E-state index >= 15 is 0 Å². The largest absolute Gasteiger partial charge is 0.465 e. The van der Waals surface area contributed by atoms with Crippen LogP contribution in [0.1, 0.15) is 33.2 Å². The molecule has 0 saturated carbocycles. The number of nitrogens with one attached hydrogen (secondary N) is 1. The number of rotatable bonds is 4. The van der Waals surface area contributed by atoms with E-state index in [-0.39, 0.29) is 11.8 Å². The summed E-state index contributed by atoms with van der Waals surface area (Å²) in [7, 11) is 1.31. The zero-order valence-corrected chi connectivity index (χ0v) is 18.0. The van der Waals surface area contributed by atoms with Gasteiger partial charge >= 0.3 is 5.97 Å². The Balaban J connectivity index is 1.91. The molecule has 1 aliphatic rings. The molecule has 2 aromatic carbocycles. The lowest BCUT2D eigenvalue weighted by atomic mass is 10.1. The summed E-state index contributed by atoms with van der Waals surface area (Å²) in [6.45, 7) is 5.86. The molecule has 0 spiro atoms. The number of aryl methyl sites for hydroxylation is 1. The Bertz CT molecular complexity index is 984. The highest BCUT2D eigenvalue weighted by atomic mass is 35.5. The summed E-state index contributed by atoms with van der Waals surface area (Å²) in [6.07, 6.45) is 0. The molecule has 0 radical (unpaired) electrons. The molecule has 1 heterocycles. The van der Waals surface area contributed by atoms with Crippen LogP contribution < -0.4 is 10.2 Å². The average Bonchev–Trinajstić information content (AvgIpc) is 2.73. The minimum Gasteiger partial charge on any atom is -0.465 e. The maximum Gasteiger partial charge on any atom is 0.337 e. The van der Waals surface area contributed by atoms with Crippen molar-refractivity contribution in [2.75, 3.05) is 43.5 Å². The number of methoxy groups -OCH3 is 1. The molecule has 158 valence electrons. The fraction of sp³-hybridized carbons (Fsp3) is 0.318. The number of amides is 2. The van der Waals surface area contributed by atoms with Gasteiger partial charge in [0.15, 0.2) is 0 Å². The van der Waals surface area contributed by atoms with Crippen molar-refractivity contribution in [3.8, 4) is 0 Å². The third-order valence-corrected chi connectivity index (χ3v) is 5.41. The van der Waals surface area contributed by atoms with Gasteiger partial charge in [-0.3, -0.25) is 9.59 Å². The number of anilines is 2. The Kier molecular flexibility index (Phi) is 6.62. The molecule has 1 aliphatic heterocycles. The van der Waals surface area contributed by atoms with Gasteiger partial charge in [-0.1, -0.05) is 17.7 Å². The van der Waals surface area contributed by atoms with Gasteiger partial charge in [-0.05, 0) is 42.8 Å². The second-order valence-corrected chi connectivity index (χ2v) is 7.56. The van der Waals surface area contributed by atoms with Crippen LogP contribution in [-0.4, -0.2) is 56.0 Å². The van der Waals surface area contributed by atoms with Gasteiger partial charge in [0.1, 0.15) is 0 Å². The molecule has 0 aliphatic carbocycles. The highest BCUT2D eigenvalue weighted by molar-refractivity contribution is 6.34. The van der Waals surface area contributed by atoms with Gasteiger partial charge in [0.05, 0.1) is 34.6 Å². The van der Waals surface area contributed by atoms with E-state index in [1.54, 1.807) is 42.2 Å². The lowest BCUT2D eigenvalue weighted by Crippen LogP contribution is -2.48. The van der Waals surface area contributed by atoms with E-state index in [4.69, 9.17) is 16.3 Å². The summed E-state index contributed by atoms with van der Waals surface area (Å²) in [4.78, 5) is 40.4. The van der Waals surface area contributed by atoms with Crippen molar-refractivity contribution < 1.29 is 19.1 Å². The normalized spacial score (nSPS) is 13.7. The van der Waals surface area contributed by atoms with E-state index in [9.17, 15) is 14.4 Å². The zero-order chi connectivity index (χ0) is 21.8. The predicted octanol–water partition coefficient (Wildman–Crippen LogP) is 3.36. The topological polar surface area (TPSA) is 79.0 Å². The molecule has 2 amide bonds. The van der Waals surface area contributed by atoms with Gasteiger partial charge in [0, 0.05) is 33.1 Å². The van der Waals surface area contributed by atoms with Crippen LogP contribution in [0.2, 0.25) is 5.02 Å². The number of esters is 1. The van der Waals surface area contributed by atoms with E-state index in [1.807, 2.05) is 13.0 Å². The summed E-state index contributed by atoms with van der Waals surface area (Å²) in [5.41, 5.74) is 2.87.